The molecule has 1 aliphatic heterocycles. The number of benzene rings is 1. The van der Waals surface area contributed by atoms with E-state index in [2.05, 4.69) is 51.1 Å². The number of halogens is 1. The third kappa shape index (κ3) is 6.41. The zero-order valence-corrected chi connectivity index (χ0v) is 22.8. The summed E-state index contributed by atoms with van der Waals surface area (Å²) in [6.07, 6.45) is 9.99. The van der Waals surface area contributed by atoms with E-state index >= 15 is 0 Å². The summed E-state index contributed by atoms with van der Waals surface area (Å²) in [5.41, 5.74) is 1.01. The summed E-state index contributed by atoms with van der Waals surface area (Å²) in [5.74, 6) is 2.80. The molecule has 1 saturated carbocycles. The van der Waals surface area contributed by atoms with Crippen LogP contribution in [0, 0.1) is 3.57 Å². The molecule has 0 radical (unpaired) electrons. The summed E-state index contributed by atoms with van der Waals surface area (Å²) in [6, 6.07) is 7.06. The summed E-state index contributed by atoms with van der Waals surface area (Å²) in [7, 11) is 3.70. The van der Waals surface area contributed by atoms with Crippen molar-refractivity contribution < 1.29 is 4.74 Å². The Morgan fingerprint density at radius 2 is 1.82 bits per heavy atom. The summed E-state index contributed by atoms with van der Waals surface area (Å²) in [5, 5.41) is 7.15. The van der Waals surface area contributed by atoms with E-state index in [9.17, 15) is 0 Å². The molecule has 2 aliphatic rings. The van der Waals surface area contributed by atoms with Crippen molar-refractivity contribution in [2.75, 3.05) is 49.3 Å². The van der Waals surface area contributed by atoms with Gasteiger partial charge in [0.25, 0.3) is 0 Å². The predicted molar refractivity (Wildman–Crippen MR) is 147 cm³/mol. The molecular weight excluding hydrogens is 541 g/mol. The molecule has 2 heterocycles. The number of rotatable bonds is 9. The van der Waals surface area contributed by atoms with Gasteiger partial charge in [-0.3, -0.25) is 4.90 Å². The number of nitrogens with one attached hydrogen (secondary N) is 2. The molecule has 1 aromatic carbocycles. The second-order valence-corrected chi connectivity index (χ2v) is 10.5. The van der Waals surface area contributed by atoms with Crippen molar-refractivity contribution in [1.82, 2.24) is 19.9 Å². The van der Waals surface area contributed by atoms with Gasteiger partial charge in [-0.1, -0.05) is 32.6 Å². The average Bonchev–Trinajstić information content (AvgIpc) is 3.16. The molecule has 2 aromatic rings. The first kappa shape index (κ1) is 25.2. The van der Waals surface area contributed by atoms with E-state index < -0.39 is 0 Å². The zero-order valence-electron chi connectivity index (χ0n) is 20.7. The normalized spacial score (nSPS) is 19.6. The first-order chi connectivity index (χ1) is 16.6. The maximum atomic E-state index is 5.43. The molecule has 186 valence electrons. The number of anilines is 4. The van der Waals surface area contributed by atoms with Gasteiger partial charge in [0.15, 0.2) is 0 Å². The fourth-order valence-corrected chi connectivity index (χ4v) is 5.71. The van der Waals surface area contributed by atoms with E-state index in [0.29, 0.717) is 29.9 Å². The third-order valence-corrected chi connectivity index (χ3v) is 7.88. The number of hydrogen-bond acceptors (Lipinski definition) is 8. The SMILES string of the molecule is CCN1CCCC1CNc1nc(NC2CCCCCC2)nc(N(C)c2ccc(OC)c(I)c2)n1. The van der Waals surface area contributed by atoms with E-state index in [-0.39, 0.29) is 0 Å². The molecule has 0 amide bonds. The fourth-order valence-electron chi connectivity index (χ4n) is 5.00. The highest BCUT2D eigenvalue weighted by atomic mass is 127. The topological polar surface area (TPSA) is 78.4 Å². The lowest BCUT2D eigenvalue weighted by Crippen LogP contribution is -2.35. The smallest absolute Gasteiger partial charge is 0.236 e. The van der Waals surface area contributed by atoms with Crippen LogP contribution in [0.4, 0.5) is 23.5 Å². The molecule has 1 aromatic heterocycles. The minimum Gasteiger partial charge on any atom is -0.496 e. The second-order valence-electron chi connectivity index (χ2n) is 9.30. The van der Waals surface area contributed by atoms with Gasteiger partial charge in [-0.05, 0) is 79.6 Å². The standard InChI is InChI=1S/C25H38IN7O/c1-4-33-15-9-12-20(33)17-27-23-29-24(28-18-10-7-5-6-8-11-18)31-25(30-23)32(2)19-13-14-22(34-3)21(26)16-19/h13-14,16,18,20H,4-12,15,17H2,1-3H3,(H2,27,28,29,30,31). The molecule has 4 rings (SSSR count). The van der Waals surface area contributed by atoms with Gasteiger partial charge in [0, 0.05) is 31.4 Å². The molecule has 0 bridgehead atoms. The van der Waals surface area contributed by atoms with E-state index in [1.165, 1.54) is 57.9 Å². The first-order valence-corrected chi connectivity index (χ1v) is 13.7. The molecule has 9 heteroatoms. The number of likely N-dealkylation sites (tertiary alicyclic amines) is 1. The summed E-state index contributed by atoms with van der Waals surface area (Å²) in [6.45, 7) is 5.35. The molecule has 2 N–H and O–H groups in total. The largest absolute Gasteiger partial charge is 0.496 e. The number of likely N-dealkylation sites (N-methyl/N-ethyl adjacent to an activating group) is 1. The van der Waals surface area contributed by atoms with Crippen LogP contribution in [-0.4, -0.2) is 65.7 Å². The Morgan fingerprint density at radius 3 is 2.53 bits per heavy atom. The number of nitrogens with zero attached hydrogens (tertiary/aromatic N) is 5. The van der Waals surface area contributed by atoms with Crippen molar-refractivity contribution >= 4 is 46.1 Å². The van der Waals surface area contributed by atoms with Crippen molar-refractivity contribution in [1.29, 1.82) is 0 Å². The Kier molecular flexibility index (Phi) is 9.04. The van der Waals surface area contributed by atoms with Gasteiger partial charge in [-0.2, -0.15) is 15.0 Å². The average molecular weight is 580 g/mol. The molecule has 8 nitrogen and oxygen atoms in total. The van der Waals surface area contributed by atoms with E-state index in [1.807, 2.05) is 24.1 Å². The first-order valence-electron chi connectivity index (χ1n) is 12.6. The lowest BCUT2D eigenvalue weighted by atomic mass is 10.1. The monoisotopic (exact) mass is 579 g/mol. The minimum absolute atomic E-state index is 0.420. The van der Waals surface area contributed by atoms with Crippen LogP contribution in [0.5, 0.6) is 5.75 Å². The minimum atomic E-state index is 0.420. The van der Waals surface area contributed by atoms with Gasteiger partial charge in [0.2, 0.25) is 17.8 Å². The Balaban J connectivity index is 1.57. The molecule has 1 unspecified atom stereocenters. The van der Waals surface area contributed by atoms with E-state index in [1.54, 1.807) is 7.11 Å². The highest BCUT2D eigenvalue weighted by Gasteiger charge is 2.23. The zero-order chi connectivity index (χ0) is 23.9. The second kappa shape index (κ2) is 12.2. The van der Waals surface area contributed by atoms with E-state index in [4.69, 9.17) is 19.7 Å². The van der Waals surface area contributed by atoms with Crippen molar-refractivity contribution in [3.63, 3.8) is 0 Å². The van der Waals surface area contributed by atoms with Crippen LogP contribution in [-0.2, 0) is 0 Å². The van der Waals surface area contributed by atoms with Gasteiger partial charge < -0.3 is 20.3 Å². The van der Waals surface area contributed by atoms with Gasteiger partial charge in [0.1, 0.15) is 5.75 Å². The van der Waals surface area contributed by atoms with Crippen molar-refractivity contribution in [3.05, 3.63) is 21.8 Å². The molecule has 1 saturated heterocycles. The van der Waals surface area contributed by atoms with Crippen LogP contribution in [0.15, 0.2) is 18.2 Å². The van der Waals surface area contributed by atoms with E-state index in [0.717, 1.165) is 28.1 Å². The van der Waals surface area contributed by atoms with Crippen molar-refractivity contribution in [3.8, 4) is 5.75 Å². The third-order valence-electron chi connectivity index (χ3n) is 7.04. The summed E-state index contributed by atoms with van der Waals surface area (Å²) >= 11 is 2.30. The van der Waals surface area contributed by atoms with Gasteiger partial charge in [-0.15, -0.1) is 0 Å². The molecule has 1 aliphatic carbocycles. The number of ether oxygens (including phenoxy) is 1. The Labute approximate surface area is 217 Å². The lowest BCUT2D eigenvalue weighted by molar-refractivity contribution is 0.277. The van der Waals surface area contributed by atoms with Crippen LogP contribution in [0.1, 0.15) is 58.3 Å². The van der Waals surface area contributed by atoms with Crippen LogP contribution >= 0.6 is 22.6 Å². The molecule has 1 atom stereocenters. The Hall–Kier alpha value is -1.88. The van der Waals surface area contributed by atoms with Crippen molar-refractivity contribution in [2.45, 2.75) is 70.4 Å². The quantitative estimate of drug-likeness (QED) is 0.307. The van der Waals surface area contributed by atoms with Crippen LogP contribution in [0.2, 0.25) is 0 Å². The lowest BCUT2D eigenvalue weighted by Gasteiger charge is -2.24. The highest BCUT2D eigenvalue weighted by molar-refractivity contribution is 14.1. The summed E-state index contributed by atoms with van der Waals surface area (Å²) < 4.78 is 6.48. The number of hydrogen-bond donors (Lipinski definition) is 2. The maximum Gasteiger partial charge on any atom is 0.236 e. The molecule has 34 heavy (non-hydrogen) atoms. The van der Waals surface area contributed by atoms with Crippen LogP contribution in [0.25, 0.3) is 0 Å². The molecule has 0 spiro atoms. The van der Waals surface area contributed by atoms with Gasteiger partial charge >= 0.3 is 0 Å². The number of methoxy groups -OCH3 is 1. The van der Waals surface area contributed by atoms with Crippen LogP contribution < -0.4 is 20.3 Å². The predicted octanol–water partition coefficient (Wildman–Crippen LogP) is 5.28. The fraction of sp³-hybridized carbons (Fsp3) is 0.640. The Morgan fingerprint density at radius 1 is 1.06 bits per heavy atom. The molecular formula is C25H38IN7O. The molecule has 2 fully saturated rings. The number of aromatic nitrogens is 3. The van der Waals surface area contributed by atoms with Crippen molar-refractivity contribution in [2.24, 2.45) is 0 Å². The highest BCUT2D eigenvalue weighted by Crippen LogP contribution is 2.29. The van der Waals surface area contributed by atoms with Gasteiger partial charge in [0.05, 0.1) is 10.7 Å². The maximum absolute atomic E-state index is 5.43. The summed E-state index contributed by atoms with van der Waals surface area (Å²) in [4.78, 5) is 19.0. The van der Waals surface area contributed by atoms with Gasteiger partial charge in [-0.25, -0.2) is 0 Å². The Bertz CT molecular complexity index is 935. The van der Waals surface area contributed by atoms with Crippen LogP contribution in [0.3, 0.4) is 0 Å².